The Morgan fingerprint density at radius 2 is 1.79 bits per heavy atom. The van der Waals surface area contributed by atoms with Crippen LogP contribution in [0.25, 0.3) is 0 Å². The molecule has 0 bridgehead atoms. The molecule has 0 spiro atoms. The highest BCUT2D eigenvalue weighted by Gasteiger charge is 2.30. The van der Waals surface area contributed by atoms with Gasteiger partial charge in [0.25, 0.3) is 0 Å². The van der Waals surface area contributed by atoms with Crippen LogP contribution >= 0.6 is 0 Å². The number of β-amino-alcohol motifs (C(OH)–C–C–N with tert-alkyl or cyclic N) is 1. The summed E-state index contributed by atoms with van der Waals surface area (Å²) < 4.78 is 0. The number of rotatable bonds is 3. The molecule has 2 rings (SSSR count). The third kappa shape index (κ3) is 2.25. The maximum Gasteiger partial charge on any atom is 0.0558 e. The summed E-state index contributed by atoms with van der Waals surface area (Å²) in [7, 11) is 2.18. The van der Waals surface area contributed by atoms with Crippen LogP contribution in [0, 0.1) is 0 Å². The van der Waals surface area contributed by atoms with Crippen molar-refractivity contribution in [1.82, 2.24) is 14.7 Å². The molecule has 0 radical (unpaired) electrons. The molecule has 2 fully saturated rings. The van der Waals surface area contributed by atoms with Crippen LogP contribution in [0.15, 0.2) is 0 Å². The third-order valence-electron chi connectivity index (χ3n) is 3.38. The van der Waals surface area contributed by atoms with E-state index >= 15 is 0 Å². The largest absolute Gasteiger partial charge is 0.395 e. The summed E-state index contributed by atoms with van der Waals surface area (Å²) in [5, 5.41) is 8.82. The van der Waals surface area contributed by atoms with Crippen molar-refractivity contribution in [3.05, 3.63) is 0 Å². The van der Waals surface area contributed by atoms with Crippen LogP contribution in [-0.2, 0) is 0 Å². The maximum atomic E-state index is 8.82. The average Bonchev–Trinajstić information content (AvgIpc) is 2.15. The van der Waals surface area contributed by atoms with E-state index in [-0.39, 0.29) is 0 Å². The summed E-state index contributed by atoms with van der Waals surface area (Å²) in [5.41, 5.74) is 0. The van der Waals surface area contributed by atoms with Gasteiger partial charge in [-0.1, -0.05) is 0 Å². The van der Waals surface area contributed by atoms with Gasteiger partial charge in [-0.15, -0.1) is 0 Å². The molecule has 0 saturated carbocycles. The lowest BCUT2D eigenvalue weighted by molar-refractivity contribution is 0.0147. The highest BCUT2D eigenvalue weighted by molar-refractivity contribution is 4.88. The molecule has 2 saturated heterocycles. The van der Waals surface area contributed by atoms with E-state index in [4.69, 9.17) is 5.11 Å². The lowest BCUT2D eigenvalue weighted by atomic mass is 10.1. The molecule has 0 amide bonds. The van der Waals surface area contributed by atoms with Crippen LogP contribution in [0.4, 0.5) is 0 Å². The second kappa shape index (κ2) is 4.57. The predicted molar refractivity (Wildman–Crippen MR) is 56.4 cm³/mol. The zero-order chi connectivity index (χ0) is 9.97. The molecule has 0 aliphatic carbocycles. The number of likely N-dealkylation sites (N-methyl/N-ethyl adjacent to an activating group) is 1. The normalized spacial score (nSPS) is 27.9. The number of likely N-dealkylation sites (tertiary alicyclic amines) is 1. The second-order valence-corrected chi connectivity index (χ2v) is 4.48. The summed E-state index contributed by atoms with van der Waals surface area (Å²) in [4.78, 5) is 7.30. The van der Waals surface area contributed by atoms with Crippen molar-refractivity contribution in [3.63, 3.8) is 0 Å². The maximum absolute atomic E-state index is 8.82. The van der Waals surface area contributed by atoms with E-state index in [1.807, 2.05) is 0 Å². The van der Waals surface area contributed by atoms with E-state index in [2.05, 4.69) is 21.7 Å². The fourth-order valence-electron chi connectivity index (χ4n) is 2.39. The van der Waals surface area contributed by atoms with Gasteiger partial charge >= 0.3 is 0 Å². The van der Waals surface area contributed by atoms with Crippen LogP contribution in [0.2, 0.25) is 0 Å². The number of aliphatic hydroxyl groups is 1. The molecule has 0 atom stereocenters. The minimum absolute atomic E-state index is 0.298. The van der Waals surface area contributed by atoms with Crippen molar-refractivity contribution < 1.29 is 5.11 Å². The number of nitrogens with zero attached hydrogens (tertiary/aromatic N) is 3. The molecular weight excluding hydrogens is 178 g/mol. The quantitative estimate of drug-likeness (QED) is 0.625. The zero-order valence-electron chi connectivity index (χ0n) is 9.02. The molecule has 4 heteroatoms. The van der Waals surface area contributed by atoms with E-state index in [0.29, 0.717) is 6.61 Å². The SMILES string of the molecule is CN1CC(N2CCN(CCO)CC2)C1. The molecule has 0 aromatic carbocycles. The summed E-state index contributed by atoms with van der Waals surface area (Å²) in [5.74, 6) is 0. The van der Waals surface area contributed by atoms with Gasteiger partial charge in [0.2, 0.25) is 0 Å². The van der Waals surface area contributed by atoms with E-state index in [1.165, 1.54) is 26.2 Å². The van der Waals surface area contributed by atoms with Crippen molar-refractivity contribution in [3.8, 4) is 0 Å². The summed E-state index contributed by atoms with van der Waals surface area (Å²) in [6.07, 6.45) is 0. The van der Waals surface area contributed by atoms with Crippen molar-refractivity contribution >= 4 is 0 Å². The van der Waals surface area contributed by atoms with Crippen LogP contribution in [0.5, 0.6) is 0 Å². The standard InChI is InChI=1S/C10H21N3O/c1-11-8-10(9-11)13-4-2-12(3-5-13)6-7-14/h10,14H,2-9H2,1H3. The number of aliphatic hydroxyl groups excluding tert-OH is 1. The van der Waals surface area contributed by atoms with E-state index in [1.54, 1.807) is 0 Å². The fraction of sp³-hybridized carbons (Fsp3) is 1.00. The van der Waals surface area contributed by atoms with Gasteiger partial charge in [0, 0.05) is 51.9 Å². The van der Waals surface area contributed by atoms with Gasteiger partial charge in [0.1, 0.15) is 0 Å². The van der Waals surface area contributed by atoms with E-state index in [9.17, 15) is 0 Å². The molecule has 14 heavy (non-hydrogen) atoms. The Morgan fingerprint density at radius 3 is 2.29 bits per heavy atom. The Bertz CT molecular complexity index is 174. The van der Waals surface area contributed by atoms with Crippen LogP contribution < -0.4 is 0 Å². The Morgan fingerprint density at radius 1 is 1.14 bits per heavy atom. The first-order valence-electron chi connectivity index (χ1n) is 5.55. The Balaban J connectivity index is 1.68. The van der Waals surface area contributed by atoms with Gasteiger partial charge in [0.05, 0.1) is 6.61 Å². The van der Waals surface area contributed by atoms with Crippen molar-refractivity contribution in [2.45, 2.75) is 6.04 Å². The molecule has 0 unspecified atom stereocenters. The molecule has 1 N–H and O–H groups in total. The van der Waals surface area contributed by atoms with Gasteiger partial charge in [-0.3, -0.25) is 9.80 Å². The Kier molecular flexibility index (Phi) is 3.38. The van der Waals surface area contributed by atoms with Gasteiger partial charge in [-0.05, 0) is 7.05 Å². The zero-order valence-corrected chi connectivity index (χ0v) is 9.02. The van der Waals surface area contributed by atoms with Crippen molar-refractivity contribution in [2.75, 3.05) is 59.5 Å². The van der Waals surface area contributed by atoms with Gasteiger partial charge < -0.3 is 10.0 Å². The average molecular weight is 199 g/mol. The molecule has 2 aliphatic heterocycles. The minimum Gasteiger partial charge on any atom is -0.395 e. The highest BCUT2D eigenvalue weighted by Crippen LogP contribution is 2.14. The molecule has 2 heterocycles. The molecule has 2 aliphatic rings. The summed E-state index contributed by atoms with van der Waals surface area (Å²) >= 11 is 0. The van der Waals surface area contributed by atoms with Gasteiger partial charge in [-0.2, -0.15) is 0 Å². The van der Waals surface area contributed by atoms with Crippen LogP contribution in [0.1, 0.15) is 0 Å². The lowest BCUT2D eigenvalue weighted by Crippen LogP contribution is -2.61. The van der Waals surface area contributed by atoms with Crippen LogP contribution in [-0.4, -0.2) is 85.3 Å². The Hall–Kier alpha value is -0.160. The van der Waals surface area contributed by atoms with Crippen molar-refractivity contribution in [1.29, 1.82) is 0 Å². The summed E-state index contributed by atoms with van der Waals surface area (Å²) in [6, 6.07) is 0.802. The molecule has 0 aromatic heterocycles. The lowest BCUT2D eigenvalue weighted by Gasteiger charge is -2.46. The minimum atomic E-state index is 0.298. The fourth-order valence-corrected chi connectivity index (χ4v) is 2.39. The van der Waals surface area contributed by atoms with Crippen LogP contribution in [0.3, 0.4) is 0 Å². The predicted octanol–water partition coefficient (Wildman–Crippen LogP) is -1.09. The molecule has 0 aromatic rings. The highest BCUT2D eigenvalue weighted by atomic mass is 16.3. The third-order valence-corrected chi connectivity index (χ3v) is 3.38. The molecule has 82 valence electrons. The first-order chi connectivity index (χ1) is 6.79. The van der Waals surface area contributed by atoms with E-state index in [0.717, 1.165) is 25.7 Å². The van der Waals surface area contributed by atoms with Gasteiger partial charge in [-0.25, -0.2) is 0 Å². The molecular formula is C10H21N3O. The summed E-state index contributed by atoms with van der Waals surface area (Å²) in [6.45, 7) is 8.23. The van der Waals surface area contributed by atoms with Gasteiger partial charge in [0.15, 0.2) is 0 Å². The van der Waals surface area contributed by atoms with Crippen molar-refractivity contribution in [2.24, 2.45) is 0 Å². The number of hydrogen-bond acceptors (Lipinski definition) is 4. The number of hydrogen-bond donors (Lipinski definition) is 1. The Labute approximate surface area is 86.1 Å². The smallest absolute Gasteiger partial charge is 0.0558 e. The molecule has 4 nitrogen and oxygen atoms in total. The van der Waals surface area contributed by atoms with E-state index < -0.39 is 0 Å². The topological polar surface area (TPSA) is 30.0 Å². The first-order valence-corrected chi connectivity index (χ1v) is 5.55. The first kappa shape index (κ1) is 10.4. The monoisotopic (exact) mass is 199 g/mol. The second-order valence-electron chi connectivity index (χ2n) is 4.48. The number of piperazine rings is 1.